The highest BCUT2D eigenvalue weighted by molar-refractivity contribution is 5.29. The summed E-state index contributed by atoms with van der Waals surface area (Å²) in [7, 11) is 1.49. The van der Waals surface area contributed by atoms with E-state index in [1.807, 2.05) is 6.07 Å². The average molecular weight is 267 g/mol. The van der Waals surface area contributed by atoms with E-state index in [4.69, 9.17) is 4.74 Å². The van der Waals surface area contributed by atoms with E-state index >= 15 is 0 Å². The fourth-order valence-electron chi connectivity index (χ4n) is 2.37. The fraction of sp³-hybridized carbons (Fsp3) is 0.625. The second-order valence-electron chi connectivity index (χ2n) is 6.19. The van der Waals surface area contributed by atoms with Crippen LogP contribution < -0.4 is 10.1 Å². The summed E-state index contributed by atoms with van der Waals surface area (Å²) in [5.74, 6) is 0.0191. The van der Waals surface area contributed by atoms with Crippen LogP contribution in [-0.2, 0) is 6.42 Å². The molecule has 0 amide bonds. The summed E-state index contributed by atoms with van der Waals surface area (Å²) >= 11 is 0. The lowest BCUT2D eigenvalue weighted by Gasteiger charge is -2.26. The van der Waals surface area contributed by atoms with Gasteiger partial charge in [0.15, 0.2) is 11.6 Å². The summed E-state index contributed by atoms with van der Waals surface area (Å²) in [6.07, 6.45) is 1.90. The fourth-order valence-corrected chi connectivity index (χ4v) is 2.37. The summed E-state index contributed by atoms with van der Waals surface area (Å²) < 4.78 is 18.6. The van der Waals surface area contributed by atoms with Crippen molar-refractivity contribution in [3.8, 4) is 5.75 Å². The third kappa shape index (κ3) is 5.60. The van der Waals surface area contributed by atoms with Gasteiger partial charge in [0.2, 0.25) is 0 Å². The van der Waals surface area contributed by atoms with Crippen molar-refractivity contribution in [2.45, 2.75) is 46.6 Å². The van der Waals surface area contributed by atoms with E-state index < -0.39 is 0 Å². The Morgan fingerprint density at radius 3 is 2.47 bits per heavy atom. The smallest absolute Gasteiger partial charge is 0.165 e. The molecule has 1 aromatic rings. The average Bonchev–Trinajstić information content (AvgIpc) is 2.27. The molecule has 0 aliphatic heterocycles. The molecule has 0 heterocycles. The molecule has 2 nitrogen and oxygen atoms in total. The number of hydrogen-bond donors (Lipinski definition) is 1. The van der Waals surface area contributed by atoms with Crippen molar-refractivity contribution < 1.29 is 9.13 Å². The van der Waals surface area contributed by atoms with E-state index in [0.29, 0.717) is 11.8 Å². The van der Waals surface area contributed by atoms with E-state index in [9.17, 15) is 4.39 Å². The molecule has 0 aromatic heterocycles. The van der Waals surface area contributed by atoms with Gasteiger partial charge in [-0.1, -0.05) is 33.8 Å². The molecule has 0 radical (unpaired) electrons. The van der Waals surface area contributed by atoms with E-state index in [0.717, 1.165) is 24.9 Å². The van der Waals surface area contributed by atoms with Gasteiger partial charge in [0.25, 0.3) is 0 Å². The van der Waals surface area contributed by atoms with Crippen LogP contribution in [-0.4, -0.2) is 19.7 Å². The summed E-state index contributed by atoms with van der Waals surface area (Å²) in [6, 6.07) is 5.59. The summed E-state index contributed by atoms with van der Waals surface area (Å²) in [5.41, 5.74) is 1.27. The van der Waals surface area contributed by atoms with Gasteiger partial charge in [-0.2, -0.15) is 0 Å². The number of methoxy groups -OCH3 is 1. The van der Waals surface area contributed by atoms with E-state index in [1.165, 1.54) is 7.11 Å². The number of rotatable bonds is 6. The first-order valence-corrected chi connectivity index (χ1v) is 6.91. The van der Waals surface area contributed by atoms with Gasteiger partial charge in [-0.3, -0.25) is 0 Å². The maximum Gasteiger partial charge on any atom is 0.165 e. The largest absolute Gasteiger partial charge is 0.494 e. The number of hydrogen-bond acceptors (Lipinski definition) is 2. The Bertz CT molecular complexity index is 398. The maximum atomic E-state index is 13.7. The van der Waals surface area contributed by atoms with E-state index in [1.54, 1.807) is 12.1 Å². The van der Waals surface area contributed by atoms with Crippen molar-refractivity contribution in [2.75, 3.05) is 13.7 Å². The molecule has 1 aromatic carbocycles. The van der Waals surface area contributed by atoms with Crippen molar-refractivity contribution in [1.82, 2.24) is 5.32 Å². The van der Waals surface area contributed by atoms with Gasteiger partial charge < -0.3 is 10.1 Å². The van der Waals surface area contributed by atoms with Gasteiger partial charge in [-0.15, -0.1) is 0 Å². The highest BCUT2D eigenvalue weighted by Crippen LogP contribution is 2.24. The molecule has 0 saturated carbocycles. The van der Waals surface area contributed by atoms with Crippen LogP contribution in [0, 0.1) is 11.2 Å². The predicted molar refractivity (Wildman–Crippen MR) is 78.2 cm³/mol. The standard InChI is InChI=1S/C16H26FNO/c1-6-18-13(11-16(2,3)4)9-12-7-8-15(19-5)14(17)10-12/h7-8,10,13,18H,6,9,11H2,1-5H3. The highest BCUT2D eigenvalue weighted by atomic mass is 19.1. The van der Waals surface area contributed by atoms with E-state index in [-0.39, 0.29) is 11.2 Å². The van der Waals surface area contributed by atoms with Crippen LogP contribution in [0.1, 0.15) is 39.7 Å². The molecule has 1 N–H and O–H groups in total. The minimum absolute atomic E-state index is 0.262. The van der Waals surface area contributed by atoms with Gasteiger partial charge in [0.1, 0.15) is 0 Å². The second-order valence-corrected chi connectivity index (χ2v) is 6.19. The number of benzene rings is 1. The van der Waals surface area contributed by atoms with Gasteiger partial charge in [0.05, 0.1) is 7.11 Å². The van der Waals surface area contributed by atoms with Crippen LogP contribution in [0.25, 0.3) is 0 Å². The molecule has 1 atom stereocenters. The first-order chi connectivity index (χ1) is 8.85. The van der Waals surface area contributed by atoms with Crippen molar-refractivity contribution in [1.29, 1.82) is 0 Å². The summed E-state index contributed by atoms with van der Waals surface area (Å²) in [6.45, 7) is 9.72. The lowest BCUT2D eigenvalue weighted by molar-refractivity contribution is 0.309. The lowest BCUT2D eigenvalue weighted by Crippen LogP contribution is -2.34. The zero-order valence-corrected chi connectivity index (χ0v) is 12.7. The SMILES string of the molecule is CCNC(Cc1ccc(OC)c(F)c1)CC(C)(C)C. The number of ether oxygens (including phenoxy) is 1. The molecule has 0 saturated heterocycles. The van der Waals surface area contributed by atoms with Crippen LogP contribution in [0.2, 0.25) is 0 Å². The van der Waals surface area contributed by atoms with Gasteiger partial charge in [0, 0.05) is 6.04 Å². The molecular formula is C16H26FNO. The zero-order chi connectivity index (χ0) is 14.5. The molecule has 0 spiro atoms. The molecule has 3 heteroatoms. The second kappa shape index (κ2) is 6.90. The quantitative estimate of drug-likeness (QED) is 0.846. The first-order valence-electron chi connectivity index (χ1n) is 6.91. The van der Waals surface area contributed by atoms with Gasteiger partial charge in [-0.25, -0.2) is 4.39 Å². The van der Waals surface area contributed by atoms with E-state index in [2.05, 4.69) is 33.0 Å². The summed E-state index contributed by atoms with van der Waals surface area (Å²) in [5, 5.41) is 3.48. The highest BCUT2D eigenvalue weighted by Gasteiger charge is 2.18. The van der Waals surface area contributed by atoms with Crippen molar-refractivity contribution in [2.24, 2.45) is 5.41 Å². The first kappa shape index (κ1) is 16.0. The van der Waals surface area contributed by atoms with Crippen molar-refractivity contribution in [3.63, 3.8) is 0 Å². The lowest BCUT2D eigenvalue weighted by atomic mass is 9.86. The molecule has 108 valence electrons. The van der Waals surface area contributed by atoms with Crippen LogP contribution in [0.4, 0.5) is 4.39 Å². The molecule has 19 heavy (non-hydrogen) atoms. The molecular weight excluding hydrogens is 241 g/mol. The normalized spacial score (nSPS) is 13.4. The van der Waals surface area contributed by atoms with Crippen LogP contribution in [0.5, 0.6) is 5.75 Å². The molecule has 1 unspecified atom stereocenters. The predicted octanol–water partition coefficient (Wildman–Crippen LogP) is 3.79. The Morgan fingerprint density at radius 2 is 2.00 bits per heavy atom. The minimum Gasteiger partial charge on any atom is -0.494 e. The molecule has 0 bridgehead atoms. The van der Waals surface area contributed by atoms with Crippen molar-refractivity contribution >= 4 is 0 Å². The van der Waals surface area contributed by atoms with Gasteiger partial charge in [-0.05, 0) is 42.5 Å². The number of nitrogens with one attached hydrogen (secondary N) is 1. The third-order valence-corrected chi connectivity index (χ3v) is 3.05. The Labute approximate surface area is 116 Å². The Kier molecular flexibility index (Phi) is 5.80. The molecule has 1 rings (SSSR count). The van der Waals surface area contributed by atoms with Crippen LogP contribution >= 0.6 is 0 Å². The third-order valence-electron chi connectivity index (χ3n) is 3.05. The molecule has 0 aliphatic carbocycles. The molecule has 0 aliphatic rings. The maximum absolute atomic E-state index is 13.7. The van der Waals surface area contributed by atoms with Crippen molar-refractivity contribution in [3.05, 3.63) is 29.6 Å². The Balaban J connectivity index is 2.76. The Hall–Kier alpha value is -1.09. The minimum atomic E-state index is -0.286. The van der Waals surface area contributed by atoms with Gasteiger partial charge >= 0.3 is 0 Å². The Morgan fingerprint density at radius 1 is 1.32 bits per heavy atom. The van der Waals surface area contributed by atoms with Crippen LogP contribution in [0.3, 0.4) is 0 Å². The monoisotopic (exact) mass is 267 g/mol. The zero-order valence-electron chi connectivity index (χ0n) is 12.7. The topological polar surface area (TPSA) is 21.3 Å². The number of halogens is 1. The van der Waals surface area contributed by atoms with Crippen LogP contribution in [0.15, 0.2) is 18.2 Å². The number of likely N-dealkylation sites (N-methyl/N-ethyl adjacent to an activating group) is 1. The summed E-state index contributed by atoms with van der Waals surface area (Å²) in [4.78, 5) is 0. The molecule has 0 fully saturated rings.